The van der Waals surface area contributed by atoms with E-state index in [0.717, 1.165) is 6.26 Å². The van der Waals surface area contributed by atoms with Gasteiger partial charge in [-0.2, -0.15) is 5.10 Å². The summed E-state index contributed by atoms with van der Waals surface area (Å²) in [6.45, 7) is 1.74. The quantitative estimate of drug-likeness (QED) is 0.627. The number of nitrogens with zero attached hydrogens (tertiary/aromatic N) is 3. The van der Waals surface area contributed by atoms with Crippen molar-refractivity contribution in [3.63, 3.8) is 0 Å². The van der Waals surface area contributed by atoms with Crippen molar-refractivity contribution in [2.75, 3.05) is 6.26 Å². The van der Waals surface area contributed by atoms with Crippen molar-refractivity contribution in [1.82, 2.24) is 9.78 Å². The van der Waals surface area contributed by atoms with Gasteiger partial charge in [-0.3, -0.25) is 10.1 Å². The first-order valence-electron chi connectivity index (χ1n) is 5.31. The van der Waals surface area contributed by atoms with Crippen LogP contribution in [0.5, 0.6) is 0 Å². The van der Waals surface area contributed by atoms with Crippen LogP contribution in [0.1, 0.15) is 5.69 Å². The molecule has 0 aliphatic rings. The molecule has 1 aromatic heterocycles. The maximum absolute atomic E-state index is 11.6. The summed E-state index contributed by atoms with van der Waals surface area (Å²) in [4.78, 5) is 10.1. The average Bonchev–Trinajstić information content (AvgIpc) is 2.73. The summed E-state index contributed by atoms with van der Waals surface area (Å²) in [5.41, 5.74) is 0.341. The van der Waals surface area contributed by atoms with Crippen molar-refractivity contribution >= 4 is 15.5 Å². The SMILES string of the molecule is Cc1ccn(-c2cccc(S(C)(=O)=O)c2[N+](=O)[O-])n1. The number of nitro benzene ring substituents is 1. The Kier molecular flexibility index (Phi) is 3.11. The lowest BCUT2D eigenvalue weighted by Gasteiger charge is -2.06. The lowest BCUT2D eigenvalue weighted by atomic mass is 10.2. The molecule has 0 saturated heterocycles. The number of benzene rings is 1. The van der Waals surface area contributed by atoms with Crippen LogP contribution < -0.4 is 0 Å². The lowest BCUT2D eigenvalue weighted by Crippen LogP contribution is -2.07. The summed E-state index contributed by atoms with van der Waals surface area (Å²) in [5.74, 6) is 0. The zero-order chi connectivity index (χ0) is 14.2. The van der Waals surface area contributed by atoms with E-state index in [1.54, 1.807) is 19.2 Å². The predicted molar refractivity (Wildman–Crippen MR) is 68.1 cm³/mol. The minimum Gasteiger partial charge on any atom is -0.258 e. The van der Waals surface area contributed by atoms with Gasteiger partial charge in [-0.05, 0) is 25.1 Å². The monoisotopic (exact) mass is 281 g/mol. The molecule has 0 radical (unpaired) electrons. The fourth-order valence-corrected chi connectivity index (χ4v) is 2.58. The molecule has 8 heteroatoms. The third-order valence-corrected chi connectivity index (χ3v) is 3.66. The highest BCUT2D eigenvalue weighted by Gasteiger charge is 2.27. The van der Waals surface area contributed by atoms with Crippen molar-refractivity contribution < 1.29 is 13.3 Å². The highest BCUT2D eigenvalue weighted by Crippen LogP contribution is 2.30. The Morgan fingerprint density at radius 3 is 2.47 bits per heavy atom. The predicted octanol–water partition coefficient (Wildman–Crippen LogP) is 1.49. The first kappa shape index (κ1) is 13.2. The van der Waals surface area contributed by atoms with Crippen molar-refractivity contribution in [1.29, 1.82) is 0 Å². The Balaban J connectivity index is 2.79. The summed E-state index contributed by atoms with van der Waals surface area (Å²) < 4.78 is 24.5. The van der Waals surface area contributed by atoms with E-state index in [-0.39, 0.29) is 10.6 Å². The molecule has 0 unspecified atom stereocenters. The lowest BCUT2D eigenvalue weighted by molar-refractivity contribution is -0.387. The molecule has 19 heavy (non-hydrogen) atoms. The van der Waals surface area contributed by atoms with Crippen LogP contribution in [0, 0.1) is 17.0 Å². The molecule has 2 rings (SSSR count). The molecule has 100 valence electrons. The van der Waals surface area contributed by atoms with Gasteiger partial charge in [0.25, 0.3) is 0 Å². The van der Waals surface area contributed by atoms with Crippen LogP contribution in [0.2, 0.25) is 0 Å². The molecule has 0 atom stereocenters. The van der Waals surface area contributed by atoms with Crippen LogP contribution in [-0.2, 0) is 9.84 Å². The number of aryl methyl sites for hydroxylation is 1. The molecule has 0 amide bonds. The molecule has 0 aliphatic carbocycles. The molecule has 0 aliphatic heterocycles. The molecule has 1 aromatic carbocycles. The maximum atomic E-state index is 11.6. The van der Waals surface area contributed by atoms with Gasteiger partial charge in [0.05, 0.1) is 10.6 Å². The van der Waals surface area contributed by atoms with Gasteiger partial charge >= 0.3 is 5.69 Å². The van der Waals surface area contributed by atoms with E-state index in [4.69, 9.17) is 0 Å². The number of hydrogen-bond donors (Lipinski definition) is 0. The summed E-state index contributed by atoms with van der Waals surface area (Å²) in [5, 5.41) is 15.2. The highest BCUT2D eigenvalue weighted by atomic mass is 32.2. The van der Waals surface area contributed by atoms with E-state index >= 15 is 0 Å². The molecule has 2 aromatic rings. The van der Waals surface area contributed by atoms with Crippen molar-refractivity contribution in [3.8, 4) is 5.69 Å². The van der Waals surface area contributed by atoms with Crippen molar-refractivity contribution in [3.05, 3.63) is 46.3 Å². The fraction of sp³-hybridized carbons (Fsp3) is 0.182. The first-order chi connectivity index (χ1) is 8.80. The number of hydrogen-bond acceptors (Lipinski definition) is 5. The largest absolute Gasteiger partial charge is 0.313 e. The van der Waals surface area contributed by atoms with E-state index in [2.05, 4.69) is 5.10 Å². The standard InChI is InChI=1S/C11H11N3O4S/c1-8-6-7-13(12-8)9-4-3-5-10(19(2,17)18)11(9)14(15)16/h3-7H,1-2H3. The second-order valence-electron chi connectivity index (χ2n) is 4.05. The van der Waals surface area contributed by atoms with E-state index < -0.39 is 20.4 Å². The van der Waals surface area contributed by atoms with Crippen LogP contribution >= 0.6 is 0 Å². The Bertz CT molecular complexity index is 749. The van der Waals surface area contributed by atoms with Gasteiger partial charge in [0.1, 0.15) is 10.6 Å². The van der Waals surface area contributed by atoms with E-state index in [9.17, 15) is 18.5 Å². The minimum atomic E-state index is -3.68. The smallest absolute Gasteiger partial charge is 0.258 e. The zero-order valence-electron chi connectivity index (χ0n) is 10.3. The Morgan fingerprint density at radius 1 is 1.32 bits per heavy atom. The molecular weight excluding hydrogens is 270 g/mol. The number of sulfone groups is 1. The van der Waals surface area contributed by atoms with Crippen LogP contribution in [0.25, 0.3) is 5.69 Å². The Hall–Kier alpha value is -2.22. The van der Waals surface area contributed by atoms with Crippen molar-refractivity contribution in [2.45, 2.75) is 11.8 Å². The highest BCUT2D eigenvalue weighted by molar-refractivity contribution is 7.90. The fourth-order valence-electron chi connectivity index (χ4n) is 1.73. The van der Waals surface area contributed by atoms with E-state index in [0.29, 0.717) is 5.69 Å². The molecule has 7 nitrogen and oxygen atoms in total. The molecular formula is C11H11N3O4S. The molecule has 0 saturated carbocycles. The van der Waals surface area contributed by atoms with Gasteiger partial charge in [0, 0.05) is 12.5 Å². The van der Waals surface area contributed by atoms with Crippen LogP contribution in [0.15, 0.2) is 35.4 Å². The average molecular weight is 281 g/mol. The second-order valence-corrected chi connectivity index (χ2v) is 6.04. The minimum absolute atomic E-state index is 0.126. The van der Waals surface area contributed by atoms with Crippen molar-refractivity contribution in [2.24, 2.45) is 0 Å². The summed E-state index contributed by atoms with van der Waals surface area (Å²) in [6.07, 6.45) is 2.48. The third kappa shape index (κ3) is 2.48. The molecule has 0 spiro atoms. The molecule has 0 N–H and O–H groups in total. The first-order valence-corrected chi connectivity index (χ1v) is 7.20. The molecule has 0 fully saturated rings. The number of aromatic nitrogens is 2. The summed E-state index contributed by atoms with van der Waals surface area (Å²) in [7, 11) is -3.68. The summed E-state index contributed by atoms with van der Waals surface area (Å²) >= 11 is 0. The Morgan fingerprint density at radius 2 is 2.00 bits per heavy atom. The van der Waals surface area contributed by atoms with Crippen LogP contribution in [0.3, 0.4) is 0 Å². The molecule has 0 bridgehead atoms. The third-order valence-electron chi connectivity index (χ3n) is 2.53. The second kappa shape index (κ2) is 4.47. The number of rotatable bonds is 3. The zero-order valence-corrected chi connectivity index (χ0v) is 11.1. The summed E-state index contributed by atoms with van der Waals surface area (Å²) in [6, 6.07) is 5.80. The van der Waals surface area contributed by atoms with Gasteiger partial charge in [0.15, 0.2) is 9.84 Å². The number of nitro groups is 1. The van der Waals surface area contributed by atoms with Gasteiger partial charge in [-0.25, -0.2) is 13.1 Å². The Labute approximate surface area is 109 Å². The van der Waals surface area contributed by atoms with Crippen LogP contribution in [-0.4, -0.2) is 29.4 Å². The normalized spacial score (nSPS) is 11.5. The van der Waals surface area contributed by atoms with Gasteiger partial charge in [0.2, 0.25) is 0 Å². The number of para-hydroxylation sites is 1. The van der Waals surface area contributed by atoms with Gasteiger partial charge < -0.3 is 0 Å². The molecule has 1 heterocycles. The van der Waals surface area contributed by atoms with Gasteiger partial charge in [-0.1, -0.05) is 6.07 Å². The maximum Gasteiger partial charge on any atom is 0.313 e. The van der Waals surface area contributed by atoms with E-state index in [1.807, 2.05) is 0 Å². The van der Waals surface area contributed by atoms with E-state index in [1.165, 1.54) is 22.9 Å². The van der Waals surface area contributed by atoms with Gasteiger partial charge in [-0.15, -0.1) is 0 Å². The van der Waals surface area contributed by atoms with Crippen LogP contribution in [0.4, 0.5) is 5.69 Å². The topological polar surface area (TPSA) is 95.1 Å².